The van der Waals surface area contributed by atoms with E-state index in [-0.39, 0.29) is 24.4 Å². The summed E-state index contributed by atoms with van der Waals surface area (Å²) in [5.41, 5.74) is 6.14. The average molecular weight is 256 g/mol. The number of rotatable bonds is 3. The monoisotopic (exact) mass is 256 g/mol. The highest BCUT2D eigenvalue weighted by Gasteiger charge is 2.38. The maximum Gasteiger partial charge on any atom is 0.468 e. The third-order valence-electron chi connectivity index (χ3n) is 2.36. The quantitative estimate of drug-likeness (QED) is 0.918. The minimum Gasteiger partial charge on any atom is -0.437 e. The van der Waals surface area contributed by atoms with Gasteiger partial charge in [-0.1, -0.05) is 30.3 Å². The van der Waals surface area contributed by atoms with Gasteiger partial charge in [0.2, 0.25) is 0 Å². The van der Waals surface area contributed by atoms with Crippen LogP contribution in [0.4, 0.5) is 13.2 Å². The molecule has 3 nitrogen and oxygen atoms in total. The summed E-state index contributed by atoms with van der Waals surface area (Å²) >= 11 is 0. The maximum atomic E-state index is 12.5. The van der Waals surface area contributed by atoms with Gasteiger partial charge in [0.15, 0.2) is 0 Å². The van der Waals surface area contributed by atoms with Crippen LogP contribution < -0.4 is 5.73 Å². The fourth-order valence-electron chi connectivity index (χ4n) is 1.60. The molecule has 6 heteroatoms. The van der Waals surface area contributed by atoms with Crippen molar-refractivity contribution >= 4 is 0 Å². The summed E-state index contributed by atoms with van der Waals surface area (Å²) in [5.74, 6) is -1.07. The summed E-state index contributed by atoms with van der Waals surface area (Å²) in [7, 11) is 0. The fraction of sp³-hybridized carbons (Fsp3) is 0.250. The van der Waals surface area contributed by atoms with Gasteiger partial charge in [0.05, 0.1) is 0 Å². The van der Waals surface area contributed by atoms with Gasteiger partial charge in [-0.25, -0.2) is 4.98 Å². The summed E-state index contributed by atoms with van der Waals surface area (Å²) in [6.45, 7) is 0.201. The summed E-state index contributed by atoms with van der Waals surface area (Å²) in [5, 5.41) is 0. The van der Waals surface area contributed by atoms with Gasteiger partial charge < -0.3 is 10.2 Å². The van der Waals surface area contributed by atoms with Crippen molar-refractivity contribution < 1.29 is 17.6 Å². The molecular formula is C12H11F3N2O. The molecule has 2 N–H and O–H groups in total. The Morgan fingerprint density at radius 1 is 1.17 bits per heavy atom. The molecule has 18 heavy (non-hydrogen) atoms. The molecule has 0 bridgehead atoms. The lowest BCUT2D eigenvalue weighted by Crippen LogP contribution is -2.05. The van der Waals surface area contributed by atoms with Crippen LogP contribution >= 0.6 is 0 Å². The Balaban J connectivity index is 2.49. The molecule has 0 aliphatic rings. The summed E-state index contributed by atoms with van der Waals surface area (Å²) in [6.07, 6.45) is -4.37. The Kier molecular flexibility index (Phi) is 3.38. The molecule has 1 heterocycles. The van der Waals surface area contributed by atoms with Crippen molar-refractivity contribution in [3.05, 3.63) is 42.0 Å². The van der Waals surface area contributed by atoms with Crippen LogP contribution in [0.25, 0.3) is 11.3 Å². The van der Waals surface area contributed by atoms with Crippen molar-refractivity contribution in [1.29, 1.82) is 0 Å². The lowest BCUT2D eigenvalue weighted by atomic mass is 10.1. The first-order chi connectivity index (χ1) is 8.52. The third-order valence-corrected chi connectivity index (χ3v) is 2.36. The Labute approximate surface area is 101 Å². The van der Waals surface area contributed by atoms with E-state index in [4.69, 9.17) is 10.2 Å². The largest absolute Gasteiger partial charge is 0.468 e. The van der Waals surface area contributed by atoms with E-state index < -0.39 is 12.1 Å². The smallest absolute Gasteiger partial charge is 0.437 e. The molecule has 2 rings (SSSR count). The molecular weight excluding hydrogens is 245 g/mol. The van der Waals surface area contributed by atoms with Crippen LogP contribution in [0.15, 0.2) is 34.7 Å². The molecule has 2 aromatic rings. The number of hydrogen-bond acceptors (Lipinski definition) is 3. The van der Waals surface area contributed by atoms with Gasteiger partial charge in [0.25, 0.3) is 0 Å². The molecule has 0 spiro atoms. The number of halogens is 3. The Morgan fingerprint density at radius 2 is 1.83 bits per heavy atom. The zero-order valence-electron chi connectivity index (χ0n) is 9.37. The molecule has 0 radical (unpaired) electrons. The number of alkyl halides is 3. The zero-order valence-corrected chi connectivity index (χ0v) is 9.37. The van der Waals surface area contributed by atoms with Crippen molar-refractivity contribution in [2.75, 3.05) is 6.54 Å². The Bertz CT molecular complexity index is 520. The first-order valence-corrected chi connectivity index (χ1v) is 5.34. The molecule has 0 fully saturated rings. The topological polar surface area (TPSA) is 52.0 Å². The summed E-state index contributed by atoms with van der Waals surface area (Å²) in [6, 6.07) is 8.58. The van der Waals surface area contributed by atoms with Gasteiger partial charge in [-0.15, -0.1) is 0 Å². The van der Waals surface area contributed by atoms with Crippen LogP contribution in [-0.2, 0) is 12.6 Å². The molecule has 96 valence electrons. The molecule has 1 aromatic carbocycles. The second kappa shape index (κ2) is 4.81. The highest BCUT2D eigenvalue weighted by atomic mass is 19.4. The number of hydrogen-bond donors (Lipinski definition) is 1. The van der Waals surface area contributed by atoms with E-state index in [0.29, 0.717) is 5.56 Å². The highest BCUT2D eigenvalue weighted by Crippen LogP contribution is 2.33. The lowest BCUT2D eigenvalue weighted by molar-refractivity contribution is -0.157. The van der Waals surface area contributed by atoms with Crippen molar-refractivity contribution in [3.63, 3.8) is 0 Å². The number of nitrogens with zero attached hydrogens (tertiary/aromatic N) is 1. The number of benzene rings is 1. The minimum atomic E-state index is -4.59. The molecule has 1 aromatic heterocycles. The van der Waals surface area contributed by atoms with Crippen molar-refractivity contribution in [1.82, 2.24) is 4.98 Å². The van der Waals surface area contributed by atoms with E-state index in [1.165, 1.54) is 0 Å². The molecule has 0 amide bonds. The number of oxazole rings is 1. The second-order valence-electron chi connectivity index (χ2n) is 3.69. The Hall–Kier alpha value is -1.82. The van der Waals surface area contributed by atoms with Gasteiger partial charge in [0.1, 0.15) is 11.5 Å². The predicted molar refractivity (Wildman–Crippen MR) is 59.7 cm³/mol. The molecule has 0 aliphatic heterocycles. The van der Waals surface area contributed by atoms with E-state index in [2.05, 4.69) is 4.98 Å². The van der Waals surface area contributed by atoms with Crippen LogP contribution in [0.2, 0.25) is 0 Å². The molecule has 0 unspecified atom stereocenters. The normalized spacial score (nSPS) is 11.8. The molecule has 0 atom stereocenters. The predicted octanol–water partition coefficient (Wildman–Crippen LogP) is 2.86. The van der Waals surface area contributed by atoms with E-state index in [0.717, 1.165) is 0 Å². The van der Waals surface area contributed by atoms with E-state index in [1.807, 2.05) is 0 Å². The van der Waals surface area contributed by atoms with Crippen LogP contribution in [0, 0.1) is 0 Å². The van der Waals surface area contributed by atoms with Crippen molar-refractivity contribution in [3.8, 4) is 11.3 Å². The van der Waals surface area contributed by atoms with E-state index in [1.54, 1.807) is 30.3 Å². The van der Waals surface area contributed by atoms with Gasteiger partial charge in [-0.2, -0.15) is 13.2 Å². The van der Waals surface area contributed by atoms with Gasteiger partial charge in [0, 0.05) is 12.0 Å². The average Bonchev–Trinajstić information content (AvgIpc) is 2.75. The third kappa shape index (κ3) is 2.53. The minimum absolute atomic E-state index is 0.163. The van der Waals surface area contributed by atoms with Crippen LogP contribution in [0.3, 0.4) is 0 Å². The summed E-state index contributed by atoms with van der Waals surface area (Å²) in [4.78, 5) is 3.52. The van der Waals surface area contributed by atoms with Gasteiger partial charge >= 0.3 is 12.1 Å². The molecule has 0 aliphatic carbocycles. The van der Waals surface area contributed by atoms with Crippen molar-refractivity contribution in [2.24, 2.45) is 5.73 Å². The first-order valence-electron chi connectivity index (χ1n) is 5.34. The summed E-state index contributed by atoms with van der Waals surface area (Å²) < 4.78 is 42.4. The lowest BCUT2D eigenvalue weighted by Gasteiger charge is -1.98. The zero-order chi connectivity index (χ0) is 13.2. The molecule has 0 saturated heterocycles. The van der Waals surface area contributed by atoms with Gasteiger partial charge in [-0.05, 0) is 6.54 Å². The maximum absolute atomic E-state index is 12.5. The number of aromatic nitrogens is 1. The fourth-order valence-corrected chi connectivity index (χ4v) is 1.60. The Morgan fingerprint density at radius 3 is 2.39 bits per heavy atom. The van der Waals surface area contributed by atoms with Crippen LogP contribution in [0.5, 0.6) is 0 Å². The first kappa shape index (κ1) is 12.6. The van der Waals surface area contributed by atoms with E-state index in [9.17, 15) is 13.2 Å². The van der Waals surface area contributed by atoms with Crippen LogP contribution in [0.1, 0.15) is 11.7 Å². The highest BCUT2D eigenvalue weighted by molar-refractivity contribution is 5.61. The second-order valence-corrected chi connectivity index (χ2v) is 3.69. The SMILES string of the molecule is NCCc1oc(C(F)(F)F)nc1-c1ccccc1. The van der Waals surface area contributed by atoms with E-state index >= 15 is 0 Å². The number of nitrogens with two attached hydrogens (primary N) is 1. The van der Waals surface area contributed by atoms with Gasteiger partial charge in [-0.3, -0.25) is 0 Å². The van der Waals surface area contributed by atoms with Crippen molar-refractivity contribution in [2.45, 2.75) is 12.6 Å². The standard InChI is InChI=1S/C12H11F3N2O/c13-12(14,15)11-17-10(9(18-11)6-7-16)8-4-2-1-3-5-8/h1-5H,6-7,16H2. The van der Waals surface area contributed by atoms with Crippen LogP contribution in [-0.4, -0.2) is 11.5 Å². The molecule has 0 saturated carbocycles.